The highest BCUT2D eigenvalue weighted by Gasteiger charge is 2.14. The van der Waals surface area contributed by atoms with Gasteiger partial charge in [0.1, 0.15) is 0 Å². The number of hydrogen-bond acceptors (Lipinski definition) is 2. The Bertz CT molecular complexity index is 121. The van der Waals surface area contributed by atoms with Gasteiger partial charge in [-0.3, -0.25) is 0 Å². The molecule has 3 heteroatoms. The maximum absolute atomic E-state index is 4.34. The minimum absolute atomic E-state index is 0.635. The van der Waals surface area contributed by atoms with E-state index in [4.69, 9.17) is 0 Å². The maximum Gasteiger partial charge on any atom is 0.0148 e. The summed E-state index contributed by atoms with van der Waals surface area (Å²) >= 11 is 0. The first-order valence-electron chi connectivity index (χ1n) is 5.37. The Morgan fingerprint density at radius 1 is 1.38 bits per heavy atom. The lowest BCUT2D eigenvalue weighted by Gasteiger charge is -2.26. The van der Waals surface area contributed by atoms with Gasteiger partial charge >= 0.3 is 0 Å². The molecule has 0 aromatic rings. The van der Waals surface area contributed by atoms with Crippen molar-refractivity contribution in [1.29, 1.82) is 0 Å². The van der Waals surface area contributed by atoms with Gasteiger partial charge < -0.3 is 10.6 Å². The molecule has 1 atom stereocenters. The van der Waals surface area contributed by atoms with Gasteiger partial charge in [-0.15, -0.1) is 0 Å². The van der Waals surface area contributed by atoms with E-state index < -0.39 is 0 Å². The first-order valence-corrected chi connectivity index (χ1v) is 5.37. The largest absolute Gasteiger partial charge is 0.320 e. The average molecular weight is 184 g/mol. The molecule has 1 fully saturated rings. The second-order valence-corrected chi connectivity index (χ2v) is 3.91. The normalized spacial score (nSPS) is 21.7. The number of piperidine rings is 1. The number of rotatable bonds is 5. The quantitative estimate of drug-likeness (QED) is 0.646. The van der Waals surface area contributed by atoms with Crippen molar-refractivity contribution in [3.63, 3.8) is 0 Å². The molecular weight excluding hydrogens is 162 g/mol. The third kappa shape index (κ3) is 4.60. The molecule has 1 saturated heterocycles. The third-order valence-corrected chi connectivity index (χ3v) is 2.62. The van der Waals surface area contributed by atoms with Gasteiger partial charge in [0.25, 0.3) is 0 Å². The van der Waals surface area contributed by atoms with E-state index in [-0.39, 0.29) is 0 Å². The van der Waals surface area contributed by atoms with E-state index in [1.165, 1.54) is 19.3 Å². The second kappa shape index (κ2) is 6.35. The van der Waals surface area contributed by atoms with Crippen LogP contribution in [-0.2, 0) is 0 Å². The first kappa shape index (κ1) is 11.0. The van der Waals surface area contributed by atoms with E-state index in [9.17, 15) is 0 Å². The molecule has 0 aromatic heterocycles. The molecule has 1 radical (unpaired) electrons. The van der Waals surface area contributed by atoms with Crippen molar-refractivity contribution in [2.45, 2.75) is 38.3 Å². The standard InChI is InChI=1S/C10H22N3/c1-9(3-6-11-2)13-10-4-7-12-8-5-10/h9-11,13H,3-8H2,1-2H3. The Morgan fingerprint density at radius 2 is 2.08 bits per heavy atom. The SMILES string of the molecule is CNCCC(C)NC1CC[N]CC1. The predicted octanol–water partition coefficient (Wildman–Crippen LogP) is 0.341. The van der Waals surface area contributed by atoms with E-state index in [0.717, 1.165) is 19.6 Å². The van der Waals surface area contributed by atoms with Crippen molar-refractivity contribution in [3.8, 4) is 0 Å². The van der Waals surface area contributed by atoms with Crippen molar-refractivity contribution in [2.24, 2.45) is 0 Å². The van der Waals surface area contributed by atoms with Gasteiger partial charge in [0.05, 0.1) is 0 Å². The smallest absolute Gasteiger partial charge is 0.0148 e. The highest BCUT2D eigenvalue weighted by Crippen LogP contribution is 2.05. The Kier molecular flexibility index (Phi) is 5.35. The molecule has 1 rings (SSSR count). The van der Waals surface area contributed by atoms with Crippen LogP contribution < -0.4 is 16.0 Å². The highest BCUT2D eigenvalue weighted by atomic mass is 15.0. The summed E-state index contributed by atoms with van der Waals surface area (Å²) in [5.41, 5.74) is 0. The van der Waals surface area contributed by atoms with Crippen LogP contribution in [0.5, 0.6) is 0 Å². The molecule has 77 valence electrons. The van der Waals surface area contributed by atoms with Crippen LogP contribution in [-0.4, -0.2) is 38.8 Å². The van der Waals surface area contributed by atoms with Gasteiger partial charge in [0, 0.05) is 25.2 Å². The highest BCUT2D eigenvalue weighted by molar-refractivity contribution is 4.77. The van der Waals surface area contributed by atoms with E-state index in [1.807, 2.05) is 7.05 Å². The van der Waals surface area contributed by atoms with Crippen molar-refractivity contribution in [2.75, 3.05) is 26.7 Å². The van der Waals surface area contributed by atoms with Crippen LogP contribution >= 0.6 is 0 Å². The lowest BCUT2D eigenvalue weighted by Crippen LogP contribution is -2.42. The van der Waals surface area contributed by atoms with Crippen molar-refractivity contribution in [1.82, 2.24) is 16.0 Å². The van der Waals surface area contributed by atoms with Gasteiger partial charge in [0.15, 0.2) is 0 Å². The van der Waals surface area contributed by atoms with E-state index >= 15 is 0 Å². The molecule has 1 heterocycles. The summed E-state index contributed by atoms with van der Waals surface area (Å²) in [6, 6.07) is 1.35. The fourth-order valence-corrected chi connectivity index (χ4v) is 1.76. The molecule has 0 spiro atoms. The summed E-state index contributed by atoms with van der Waals surface area (Å²) in [5, 5.41) is 11.2. The van der Waals surface area contributed by atoms with Gasteiger partial charge in [-0.05, 0) is 39.8 Å². The summed E-state index contributed by atoms with van der Waals surface area (Å²) in [5.74, 6) is 0. The predicted molar refractivity (Wildman–Crippen MR) is 56.0 cm³/mol. The minimum Gasteiger partial charge on any atom is -0.320 e. The molecule has 0 amide bonds. The lowest BCUT2D eigenvalue weighted by atomic mass is 10.1. The van der Waals surface area contributed by atoms with Gasteiger partial charge in [0.2, 0.25) is 0 Å². The van der Waals surface area contributed by atoms with Crippen LogP contribution in [0.1, 0.15) is 26.2 Å². The zero-order valence-electron chi connectivity index (χ0n) is 8.84. The summed E-state index contributed by atoms with van der Waals surface area (Å²) in [4.78, 5) is 0. The van der Waals surface area contributed by atoms with Crippen LogP contribution in [0.2, 0.25) is 0 Å². The molecule has 1 aliphatic heterocycles. The first-order chi connectivity index (χ1) is 6.33. The second-order valence-electron chi connectivity index (χ2n) is 3.91. The Morgan fingerprint density at radius 3 is 2.69 bits per heavy atom. The zero-order valence-corrected chi connectivity index (χ0v) is 8.84. The molecule has 0 aromatic carbocycles. The molecule has 0 aliphatic carbocycles. The van der Waals surface area contributed by atoms with E-state index in [2.05, 4.69) is 22.9 Å². The van der Waals surface area contributed by atoms with Crippen LogP contribution in [0.25, 0.3) is 0 Å². The fourth-order valence-electron chi connectivity index (χ4n) is 1.76. The van der Waals surface area contributed by atoms with E-state index in [0.29, 0.717) is 12.1 Å². The number of nitrogens with one attached hydrogen (secondary N) is 2. The summed E-state index contributed by atoms with van der Waals surface area (Å²) in [6.07, 6.45) is 3.66. The zero-order chi connectivity index (χ0) is 9.52. The van der Waals surface area contributed by atoms with Gasteiger partial charge in [-0.1, -0.05) is 0 Å². The molecule has 2 N–H and O–H groups in total. The fraction of sp³-hybridized carbons (Fsp3) is 1.00. The van der Waals surface area contributed by atoms with Crippen LogP contribution in [0.3, 0.4) is 0 Å². The van der Waals surface area contributed by atoms with Crippen LogP contribution in [0.4, 0.5) is 0 Å². The molecular formula is C10H22N3. The number of hydrogen-bond donors (Lipinski definition) is 2. The lowest BCUT2D eigenvalue weighted by molar-refractivity contribution is 0.344. The molecule has 1 aliphatic rings. The van der Waals surface area contributed by atoms with Gasteiger partial charge in [-0.2, -0.15) is 0 Å². The summed E-state index contributed by atoms with van der Waals surface area (Å²) in [7, 11) is 2.01. The number of nitrogens with zero attached hydrogens (tertiary/aromatic N) is 1. The molecule has 3 nitrogen and oxygen atoms in total. The van der Waals surface area contributed by atoms with Crippen molar-refractivity contribution >= 4 is 0 Å². The Hall–Kier alpha value is -0.120. The monoisotopic (exact) mass is 184 g/mol. The van der Waals surface area contributed by atoms with Gasteiger partial charge in [-0.25, -0.2) is 5.32 Å². The minimum atomic E-state index is 0.635. The van der Waals surface area contributed by atoms with Crippen LogP contribution in [0.15, 0.2) is 0 Å². The summed E-state index contributed by atoms with van der Waals surface area (Å²) in [6.45, 7) is 5.47. The van der Waals surface area contributed by atoms with Crippen molar-refractivity contribution in [3.05, 3.63) is 0 Å². The summed E-state index contributed by atoms with van der Waals surface area (Å²) < 4.78 is 0. The van der Waals surface area contributed by atoms with Crippen LogP contribution in [0, 0.1) is 0 Å². The Balaban J connectivity index is 2.07. The average Bonchev–Trinajstić information content (AvgIpc) is 2.16. The van der Waals surface area contributed by atoms with Crippen molar-refractivity contribution < 1.29 is 0 Å². The van der Waals surface area contributed by atoms with E-state index in [1.54, 1.807) is 0 Å². The molecule has 13 heavy (non-hydrogen) atoms. The molecule has 0 bridgehead atoms. The Labute approximate surface area is 81.7 Å². The topological polar surface area (TPSA) is 38.2 Å². The molecule has 0 saturated carbocycles. The maximum atomic E-state index is 4.34. The third-order valence-electron chi connectivity index (χ3n) is 2.62. The molecule has 1 unspecified atom stereocenters.